The first-order chi connectivity index (χ1) is 12.6. The maximum Gasteiger partial charge on any atom is 0.261 e. The smallest absolute Gasteiger partial charge is 0.261 e. The minimum atomic E-state index is -0.394. The zero-order chi connectivity index (χ0) is 18.8. The number of thiophene rings is 1. The highest BCUT2D eigenvalue weighted by molar-refractivity contribution is 7.80. The van der Waals surface area contributed by atoms with Crippen LogP contribution in [0.5, 0.6) is 0 Å². The maximum atomic E-state index is 11.7. The molecule has 2 rings (SSSR count). The predicted molar refractivity (Wildman–Crippen MR) is 109 cm³/mol. The van der Waals surface area contributed by atoms with E-state index in [1.54, 1.807) is 17.5 Å². The topological polar surface area (TPSA) is 82.3 Å². The van der Waals surface area contributed by atoms with Crippen LogP contribution in [0, 0.1) is 0 Å². The number of hydrazine groups is 1. The van der Waals surface area contributed by atoms with E-state index in [1.165, 1.54) is 29.7 Å². The number of unbranched alkanes of at least 4 members (excludes halogenated alkanes) is 1. The Balaban J connectivity index is 1.67. The number of hydrogen-bond acceptors (Lipinski definition) is 4. The van der Waals surface area contributed by atoms with Crippen molar-refractivity contribution in [2.45, 2.75) is 26.2 Å². The van der Waals surface area contributed by atoms with Crippen molar-refractivity contribution in [1.29, 1.82) is 0 Å². The molecule has 26 heavy (non-hydrogen) atoms. The number of benzene rings is 1. The highest BCUT2D eigenvalue weighted by atomic mass is 32.1. The molecule has 1 aromatic carbocycles. The van der Waals surface area contributed by atoms with Gasteiger partial charge in [-0.3, -0.25) is 20.4 Å². The summed E-state index contributed by atoms with van der Waals surface area (Å²) >= 11 is 6.45. The lowest BCUT2D eigenvalue weighted by molar-refractivity contribution is -0.120. The average molecular weight is 391 g/mol. The van der Waals surface area contributed by atoms with Crippen molar-refractivity contribution < 1.29 is 9.59 Å². The van der Waals surface area contributed by atoms with Crippen molar-refractivity contribution in [3.05, 3.63) is 52.2 Å². The maximum absolute atomic E-state index is 11.7. The summed E-state index contributed by atoms with van der Waals surface area (Å²) in [7, 11) is 0. The SMILES string of the molecule is CCCCc1ccc(NC(=S)NNC(=O)CNC(=O)c2cccs2)cc1. The van der Waals surface area contributed by atoms with Crippen LogP contribution in [0.25, 0.3) is 0 Å². The molecule has 0 atom stereocenters. The molecule has 0 radical (unpaired) electrons. The van der Waals surface area contributed by atoms with E-state index in [2.05, 4.69) is 40.5 Å². The quantitative estimate of drug-likeness (QED) is 0.432. The van der Waals surface area contributed by atoms with E-state index in [0.29, 0.717) is 4.88 Å². The Hall–Kier alpha value is -2.45. The molecule has 2 aromatic rings. The molecule has 0 saturated heterocycles. The first-order valence-electron chi connectivity index (χ1n) is 8.35. The lowest BCUT2D eigenvalue weighted by atomic mass is 10.1. The monoisotopic (exact) mass is 390 g/mol. The average Bonchev–Trinajstić information content (AvgIpc) is 3.18. The number of nitrogens with one attached hydrogen (secondary N) is 4. The molecule has 4 N–H and O–H groups in total. The van der Waals surface area contributed by atoms with Gasteiger partial charge in [-0.2, -0.15) is 0 Å². The second-order valence-corrected chi connectivity index (χ2v) is 6.94. The van der Waals surface area contributed by atoms with Crippen molar-refractivity contribution in [2.24, 2.45) is 0 Å². The molecule has 0 bridgehead atoms. The van der Waals surface area contributed by atoms with E-state index in [-0.39, 0.29) is 17.6 Å². The minimum absolute atomic E-state index is 0.140. The van der Waals surface area contributed by atoms with E-state index in [1.807, 2.05) is 12.1 Å². The Morgan fingerprint density at radius 1 is 1.12 bits per heavy atom. The van der Waals surface area contributed by atoms with Crippen LogP contribution >= 0.6 is 23.6 Å². The fourth-order valence-electron chi connectivity index (χ4n) is 2.12. The minimum Gasteiger partial charge on any atom is -0.342 e. The van der Waals surface area contributed by atoms with E-state index in [0.717, 1.165) is 12.1 Å². The first kappa shape index (κ1) is 19.9. The Labute approximate surface area is 162 Å². The fourth-order valence-corrected chi connectivity index (χ4v) is 2.93. The number of carbonyl (C=O) groups is 2. The number of carbonyl (C=O) groups excluding carboxylic acids is 2. The van der Waals surface area contributed by atoms with Crippen molar-refractivity contribution in [3.8, 4) is 0 Å². The Kier molecular flexibility index (Phi) is 8.04. The van der Waals surface area contributed by atoms with E-state index in [4.69, 9.17) is 12.2 Å². The summed E-state index contributed by atoms with van der Waals surface area (Å²) in [4.78, 5) is 24.1. The Morgan fingerprint density at radius 3 is 2.54 bits per heavy atom. The summed E-state index contributed by atoms with van der Waals surface area (Å²) in [5.41, 5.74) is 7.17. The van der Waals surface area contributed by atoms with Crippen LogP contribution in [0.2, 0.25) is 0 Å². The zero-order valence-electron chi connectivity index (χ0n) is 14.5. The van der Waals surface area contributed by atoms with Gasteiger partial charge in [-0.25, -0.2) is 0 Å². The van der Waals surface area contributed by atoms with E-state index >= 15 is 0 Å². The van der Waals surface area contributed by atoms with Gasteiger partial charge < -0.3 is 10.6 Å². The summed E-state index contributed by atoms with van der Waals surface area (Å²) in [5, 5.41) is 7.60. The van der Waals surface area contributed by atoms with Gasteiger partial charge >= 0.3 is 0 Å². The third kappa shape index (κ3) is 6.81. The van der Waals surface area contributed by atoms with Crippen LogP contribution < -0.4 is 21.5 Å². The van der Waals surface area contributed by atoms with Crippen LogP contribution in [0.15, 0.2) is 41.8 Å². The fraction of sp³-hybridized carbons (Fsp3) is 0.278. The van der Waals surface area contributed by atoms with Crippen LogP contribution in [0.4, 0.5) is 5.69 Å². The van der Waals surface area contributed by atoms with Crippen LogP contribution in [0.1, 0.15) is 35.0 Å². The number of hydrogen-bond donors (Lipinski definition) is 4. The number of anilines is 1. The molecule has 0 aliphatic carbocycles. The molecule has 0 saturated carbocycles. The molecule has 8 heteroatoms. The lowest BCUT2D eigenvalue weighted by Crippen LogP contribution is -2.47. The van der Waals surface area contributed by atoms with E-state index in [9.17, 15) is 9.59 Å². The summed E-state index contributed by atoms with van der Waals surface area (Å²) in [6.45, 7) is 2.03. The summed E-state index contributed by atoms with van der Waals surface area (Å²) in [6.07, 6.45) is 3.40. The van der Waals surface area contributed by atoms with Gasteiger partial charge in [0.15, 0.2) is 5.11 Å². The molecule has 1 aromatic heterocycles. The van der Waals surface area contributed by atoms with Gasteiger partial charge in [-0.15, -0.1) is 11.3 Å². The molecule has 6 nitrogen and oxygen atoms in total. The van der Waals surface area contributed by atoms with Gasteiger partial charge in [-0.1, -0.05) is 31.5 Å². The lowest BCUT2D eigenvalue weighted by Gasteiger charge is -2.12. The predicted octanol–water partition coefficient (Wildman–Crippen LogP) is 2.84. The summed E-state index contributed by atoms with van der Waals surface area (Å²) in [5.74, 6) is -0.673. The largest absolute Gasteiger partial charge is 0.342 e. The third-order valence-corrected chi connectivity index (χ3v) is 4.57. The second kappa shape index (κ2) is 10.5. The van der Waals surface area contributed by atoms with Gasteiger partial charge in [0.1, 0.15) is 0 Å². The van der Waals surface area contributed by atoms with Gasteiger partial charge in [-0.05, 0) is 54.2 Å². The molecule has 2 amide bonds. The van der Waals surface area contributed by atoms with Crippen LogP contribution in [-0.4, -0.2) is 23.5 Å². The molecule has 0 fully saturated rings. The molecule has 0 spiro atoms. The summed E-state index contributed by atoms with van der Waals surface area (Å²) < 4.78 is 0. The molecular weight excluding hydrogens is 368 g/mol. The molecule has 0 aliphatic rings. The number of rotatable bonds is 7. The standard InChI is InChI=1S/C18H22N4O2S2/c1-2-3-5-13-7-9-14(10-8-13)20-18(25)22-21-16(23)12-19-17(24)15-6-4-11-26-15/h4,6-11H,2-3,5,12H2,1H3,(H,19,24)(H,21,23)(H2,20,22,25). The van der Waals surface area contributed by atoms with Crippen LogP contribution in [-0.2, 0) is 11.2 Å². The Bertz CT molecular complexity index is 730. The second-order valence-electron chi connectivity index (χ2n) is 5.59. The molecule has 1 heterocycles. The summed E-state index contributed by atoms with van der Waals surface area (Å²) in [6, 6.07) is 11.5. The molecular formula is C18H22N4O2S2. The number of amides is 2. The van der Waals surface area contributed by atoms with Crippen molar-refractivity contribution in [2.75, 3.05) is 11.9 Å². The molecule has 138 valence electrons. The van der Waals surface area contributed by atoms with Gasteiger partial charge in [0.2, 0.25) is 0 Å². The molecule has 0 unspecified atom stereocenters. The van der Waals surface area contributed by atoms with Crippen LogP contribution in [0.3, 0.4) is 0 Å². The van der Waals surface area contributed by atoms with Gasteiger partial charge in [0, 0.05) is 5.69 Å². The van der Waals surface area contributed by atoms with Gasteiger partial charge in [0.25, 0.3) is 11.8 Å². The molecule has 0 aliphatic heterocycles. The first-order valence-corrected chi connectivity index (χ1v) is 9.63. The zero-order valence-corrected chi connectivity index (χ0v) is 16.1. The number of thiocarbonyl (C=S) groups is 1. The Morgan fingerprint density at radius 2 is 1.88 bits per heavy atom. The van der Waals surface area contributed by atoms with E-state index < -0.39 is 5.91 Å². The highest BCUT2D eigenvalue weighted by Crippen LogP contribution is 2.11. The normalized spacial score (nSPS) is 10.0. The van der Waals surface area contributed by atoms with Crippen molar-refractivity contribution in [3.63, 3.8) is 0 Å². The number of aryl methyl sites for hydroxylation is 1. The van der Waals surface area contributed by atoms with Gasteiger partial charge in [0.05, 0.1) is 11.4 Å². The van der Waals surface area contributed by atoms with Crippen molar-refractivity contribution in [1.82, 2.24) is 16.2 Å². The third-order valence-electron chi connectivity index (χ3n) is 3.50. The van der Waals surface area contributed by atoms with Crippen molar-refractivity contribution >= 4 is 46.2 Å². The highest BCUT2D eigenvalue weighted by Gasteiger charge is 2.08.